The van der Waals surface area contributed by atoms with Crippen LogP contribution in [0, 0.1) is 0 Å². The molecule has 0 heterocycles. The number of ketones is 1. The van der Waals surface area contributed by atoms with E-state index in [1.165, 1.54) is 0 Å². The van der Waals surface area contributed by atoms with Gasteiger partial charge in [0, 0.05) is 11.1 Å². The second kappa shape index (κ2) is 4.09. The smallest absolute Gasteiger partial charge is 0.182 e. The molecule has 1 fully saturated rings. The number of Topliss-reactive ketones (excluding diaryl/α,β-unsaturated/α-hetero) is 1. The third-order valence-electron chi connectivity index (χ3n) is 3.51. The van der Waals surface area contributed by atoms with Crippen LogP contribution in [-0.4, -0.2) is 18.4 Å². The third kappa shape index (κ3) is 2.27. The summed E-state index contributed by atoms with van der Waals surface area (Å²) < 4.78 is 5.37. The van der Waals surface area contributed by atoms with Crippen molar-refractivity contribution in [1.29, 1.82) is 0 Å². The first-order valence-corrected chi connectivity index (χ1v) is 6.30. The minimum absolute atomic E-state index is 0.0515. The Kier molecular flexibility index (Phi) is 2.98. The lowest BCUT2D eigenvalue weighted by Gasteiger charge is -2.23. The van der Waals surface area contributed by atoms with Crippen LogP contribution < -0.4 is 10.5 Å². The van der Waals surface area contributed by atoms with Crippen LogP contribution in [0.15, 0.2) is 18.2 Å². The summed E-state index contributed by atoms with van der Waals surface area (Å²) >= 11 is 0. The van der Waals surface area contributed by atoms with E-state index in [2.05, 4.69) is 20.8 Å². The topological polar surface area (TPSA) is 52.3 Å². The number of rotatable bonds is 3. The molecule has 98 valence electrons. The van der Waals surface area contributed by atoms with Gasteiger partial charge in [0.05, 0.1) is 12.6 Å². The normalized spacial score (nSPS) is 17.4. The molecule has 0 aromatic heterocycles. The van der Waals surface area contributed by atoms with Gasteiger partial charge in [0.15, 0.2) is 5.78 Å². The lowest BCUT2D eigenvalue weighted by molar-refractivity contribution is 0.0949. The van der Waals surface area contributed by atoms with Crippen molar-refractivity contribution in [1.82, 2.24) is 0 Å². The van der Waals surface area contributed by atoms with Crippen molar-refractivity contribution in [3.8, 4) is 5.75 Å². The molecule has 2 N–H and O–H groups in total. The molecule has 18 heavy (non-hydrogen) atoms. The van der Waals surface area contributed by atoms with Crippen LogP contribution in [0.3, 0.4) is 0 Å². The molecule has 0 spiro atoms. The Hall–Kier alpha value is -1.35. The van der Waals surface area contributed by atoms with Crippen molar-refractivity contribution in [2.75, 3.05) is 7.11 Å². The number of carbonyl (C=O) groups is 1. The zero-order valence-electron chi connectivity index (χ0n) is 11.5. The Bertz CT molecular complexity index is 482. The van der Waals surface area contributed by atoms with Crippen LogP contribution in [0.25, 0.3) is 0 Å². The molecule has 1 saturated carbocycles. The van der Waals surface area contributed by atoms with E-state index in [0.29, 0.717) is 5.56 Å². The minimum atomic E-state index is -0.607. The number of hydrogen-bond donors (Lipinski definition) is 1. The summed E-state index contributed by atoms with van der Waals surface area (Å²) in [7, 11) is 1.65. The van der Waals surface area contributed by atoms with E-state index < -0.39 is 5.54 Å². The predicted octanol–water partition coefficient (Wildman–Crippen LogP) is 2.67. The molecule has 1 aliphatic carbocycles. The first kappa shape index (κ1) is 13.1. The third-order valence-corrected chi connectivity index (χ3v) is 3.51. The maximum absolute atomic E-state index is 12.2. The second-order valence-electron chi connectivity index (χ2n) is 6.15. The molecular weight excluding hydrogens is 226 g/mol. The maximum Gasteiger partial charge on any atom is 0.182 e. The van der Waals surface area contributed by atoms with Crippen LogP contribution in [0.2, 0.25) is 0 Å². The highest BCUT2D eigenvalue weighted by atomic mass is 16.5. The number of benzene rings is 1. The van der Waals surface area contributed by atoms with Crippen LogP contribution in [-0.2, 0) is 5.41 Å². The summed E-state index contributed by atoms with van der Waals surface area (Å²) in [5, 5.41) is 0. The van der Waals surface area contributed by atoms with Gasteiger partial charge in [-0.25, -0.2) is 0 Å². The van der Waals surface area contributed by atoms with E-state index in [1.807, 2.05) is 18.2 Å². The largest absolute Gasteiger partial charge is 0.496 e. The molecule has 1 aromatic rings. The molecule has 3 heteroatoms. The van der Waals surface area contributed by atoms with Gasteiger partial charge in [-0.2, -0.15) is 0 Å². The molecule has 0 radical (unpaired) electrons. The molecule has 0 unspecified atom stereocenters. The van der Waals surface area contributed by atoms with Gasteiger partial charge in [-0.15, -0.1) is 0 Å². The molecule has 1 aliphatic rings. The molecule has 2 rings (SSSR count). The fraction of sp³-hybridized carbons (Fsp3) is 0.533. The molecule has 0 amide bonds. The van der Waals surface area contributed by atoms with Crippen LogP contribution in [0.4, 0.5) is 0 Å². The Labute approximate surface area is 108 Å². The summed E-state index contributed by atoms with van der Waals surface area (Å²) in [6, 6.07) is 5.59. The molecule has 0 saturated heterocycles. The standard InChI is InChI=1S/C15H21NO2/c1-14(2,3)11-9-10(5-6-12(11)18-4)13(17)15(16)7-8-15/h5-6,9H,7-8,16H2,1-4H3. The molecule has 0 atom stereocenters. The zero-order chi connectivity index (χ0) is 13.6. The van der Waals surface area contributed by atoms with Crippen molar-refractivity contribution in [2.45, 2.75) is 44.6 Å². The summed E-state index contributed by atoms with van der Waals surface area (Å²) in [5.41, 5.74) is 7.04. The van der Waals surface area contributed by atoms with Crippen molar-refractivity contribution >= 4 is 5.78 Å². The van der Waals surface area contributed by atoms with Crippen LogP contribution in [0.5, 0.6) is 5.75 Å². The van der Waals surface area contributed by atoms with Gasteiger partial charge >= 0.3 is 0 Å². The zero-order valence-corrected chi connectivity index (χ0v) is 11.5. The fourth-order valence-corrected chi connectivity index (χ4v) is 2.08. The van der Waals surface area contributed by atoms with Gasteiger partial charge in [0.25, 0.3) is 0 Å². The molecule has 0 aliphatic heterocycles. The van der Waals surface area contributed by atoms with Gasteiger partial charge < -0.3 is 10.5 Å². The Morgan fingerprint density at radius 2 is 1.94 bits per heavy atom. The second-order valence-corrected chi connectivity index (χ2v) is 6.15. The Balaban J connectivity index is 2.43. The van der Waals surface area contributed by atoms with E-state index in [0.717, 1.165) is 24.2 Å². The summed E-state index contributed by atoms with van der Waals surface area (Å²) in [6.07, 6.45) is 1.59. The molecule has 3 nitrogen and oxygen atoms in total. The number of hydrogen-bond acceptors (Lipinski definition) is 3. The summed E-state index contributed by atoms with van der Waals surface area (Å²) in [6.45, 7) is 6.32. The SMILES string of the molecule is COc1ccc(C(=O)C2(N)CC2)cc1C(C)(C)C. The Morgan fingerprint density at radius 3 is 2.39 bits per heavy atom. The van der Waals surface area contributed by atoms with E-state index >= 15 is 0 Å². The van der Waals surface area contributed by atoms with Gasteiger partial charge in [-0.05, 0) is 36.5 Å². The average Bonchev–Trinajstić information content (AvgIpc) is 3.05. The van der Waals surface area contributed by atoms with E-state index in [4.69, 9.17) is 10.5 Å². The first-order chi connectivity index (χ1) is 8.28. The van der Waals surface area contributed by atoms with Crippen molar-refractivity contribution in [3.05, 3.63) is 29.3 Å². The van der Waals surface area contributed by atoms with Crippen molar-refractivity contribution in [2.24, 2.45) is 5.73 Å². The quantitative estimate of drug-likeness (QED) is 0.835. The van der Waals surface area contributed by atoms with Crippen LogP contribution >= 0.6 is 0 Å². The average molecular weight is 247 g/mol. The summed E-state index contributed by atoms with van der Waals surface area (Å²) in [4.78, 5) is 12.2. The van der Waals surface area contributed by atoms with Crippen molar-refractivity contribution in [3.63, 3.8) is 0 Å². The number of nitrogens with two attached hydrogens (primary N) is 1. The van der Waals surface area contributed by atoms with Gasteiger partial charge in [0.1, 0.15) is 5.75 Å². The highest BCUT2D eigenvalue weighted by molar-refractivity contribution is 6.05. The maximum atomic E-state index is 12.2. The molecular formula is C15H21NO2. The number of carbonyl (C=O) groups excluding carboxylic acids is 1. The van der Waals surface area contributed by atoms with E-state index in [-0.39, 0.29) is 11.2 Å². The lowest BCUT2D eigenvalue weighted by Crippen LogP contribution is -2.33. The van der Waals surface area contributed by atoms with Crippen LogP contribution in [0.1, 0.15) is 49.5 Å². The first-order valence-electron chi connectivity index (χ1n) is 6.30. The highest BCUT2D eigenvalue weighted by Gasteiger charge is 2.46. The van der Waals surface area contributed by atoms with Crippen molar-refractivity contribution < 1.29 is 9.53 Å². The van der Waals surface area contributed by atoms with Gasteiger partial charge in [-0.3, -0.25) is 4.79 Å². The minimum Gasteiger partial charge on any atom is -0.496 e. The fourth-order valence-electron chi connectivity index (χ4n) is 2.08. The number of methoxy groups -OCH3 is 1. The van der Waals surface area contributed by atoms with E-state index in [9.17, 15) is 4.79 Å². The highest BCUT2D eigenvalue weighted by Crippen LogP contribution is 2.38. The summed E-state index contributed by atoms with van der Waals surface area (Å²) in [5.74, 6) is 0.872. The molecule has 1 aromatic carbocycles. The number of ether oxygens (including phenoxy) is 1. The molecule has 0 bridgehead atoms. The predicted molar refractivity (Wildman–Crippen MR) is 72.2 cm³/mol. The Morgan fingerprint density at radius 1 is 1.33 bits per heavy atom. The van der Waals surface area contributed by atoms with Gasteiger partial charge in [-0.1, -0.05) is 20.8 Å². The monoisotopic (exact) mass is 247 g/mol. The van der Waals surface area contributed by atoms with E-state index in [1.54, 1.807) is 7.11 Å². The van der Waals surface area contributed by atoms with Gasteiger partial charge in [0.2, 0.25) is 0 Å². The lowest BCUT2D eigenvalue weighted by atomic mass is 9.84.